The van der Waals surface area contributed by atoms with Crippen molar-refractivity contribution in [2.24, 2.45) is 0 Å². The number of carboxylic acid groups (broad SMARTS) is 1. The van der Waals surface area contributed by atoms with Crippen molar-refractivity contribution < 1.29 is 14.7 Å². The zero-order valence-corrected chi connectivity index (χ0v) is 12.7. The van der Waals surface area contributed by atoms with Crippen molar-refractivity contribution in [1.29, 1.82) is 0 Å². The standard InChI is InChI=1S/C12H14ClNO3S2/c1-19-7-2-3-9(13)8(6-7)11(15)14-10(4-5-18)12(16)17/h2-3,6,10,18H,4-5H2,1H3,(H,14,15)(H,16,17). The van der Waals surface area contributed by atoms with E-state index in [-0.39, 0.29) is 12.0 Å². The van der Waals surface area contributed by atoms with E-state index in [1.54, 1.807) is 18.2 Å². The molecule has 104 valence electrons. The maximum Gasteiger partial charge on any atom is 0.326 e. The van der Waals surface area contributed by atoms with E-state index in [0.717, 1.165) is 4.90 Å². The fraction of sp³-hybridized carbons (Fsp3) is 0.333. The summed E-state index contributed by atoms with van der Waals surface area (Å²) in [6.45, 7) is 0. The van der Waals surface area contributed by atoms with Gasteiger partial charge in [0, 0.05) is 4.90 Å². The Morgan fingerprint density at radius 1 is 1.53 bits per heavy atom. The van der Waals surface area contributed by atoms with Gasteiger partial charge in [0.25, 0.3) is 5.91 Å². The van der Waals surface area contributed by atoms with E-state index < -0.39 is 17.9 Å². The predicted octanol–water partition coefficient (Wildman–Crippen LogP) is 2.56. The Bertz CT molecular complexity index is 482. The van der Waals surface area contributed by atoms with Crippen LogP contribution in [0, 0.1) is 0 Å². The van der Waals surface area contributed by atoms with Gasteiger partial charge < -0.3 is 10.4 Å². The number of rotatable bonds is 6. The van der Waals surface area contributed by atoms with Crippen molar-refractivity contribution in [3.8, 4) is 0 Å². The number of carbonyl (C=O) groups is 2. The van der Waals surface area contributed by atoms with Crippen molar-refractivity contribution in [3.63, 3.8) is 0 Å². The minimum Gasteiger partial charge on any atom is -0.480 e. The third-order valence-corrected chi connectivity index (χ3v) is 3.75. The summed E-state index contributed by atoms with van der Waals surface area (Å²) in [4.78, 5) is 23.9. The SMILES string of the molecule is CSc1ccc(Cl)c(C(=O)NC(CCS)C(=O)O)c1. The number of thiol groups is 1. The summed E-state index contributed by atoms with van der Waals surface area (Å²) in [5.74, 6) is -1.20. The highest BCUT2D eigenvalue weighted by molar-refractivity contribution is 7.98. The average molecular weight is 320 g/mol. The summed E-state index contributed by atoms with van der Waals surface area (Å²) in [6.07, 6.45) is 2.13. The Labute approximate surface area is 126 Å². The van der Waals surface area contributed by atoms with Crippen LogP contribution < -0.4 is 5.32 Å². The average Bonchev–Trinajstić information content (AvgIpc) is 2.38. The van der Waals surface area contributed by atoms with Crippen LogP contribution in [0.1, 0.15) is 16.8 Å². The monoisotopic (exact) mass is 319 g/mol. The lowest BCUT2D eigenvalue weighted by Crippen LogP contribution is -2.41. The molecular formula is C12H14ClNO3S2. The maximum atomic E-state index is 12.0. The number of halogens is 1. The number of benzene rings is 1. The molecule has 1 unspecified atom stereocenters. The van der Waals surface area contributed by atoms with Crippen LogP contribution in [0.5, 0.6) is 0 Å². The summed E-state index contributed by atoms with van der Waals surface area (Å²) in [7, 11) is 0. The maximum absolute atomic E-state index is 12.0. The highest BCUT2D eigenvalue weighted by Gasteiger charge is 2.21. The zero-order chi connectivity index (χ0) is 14.4. The summed E-state index contributed by atoms with van der Waals surface area (Å²) in [6, 6.07) is 4.10. The number of hydrogen-bond donors (Lipinski definition) is 3. The van der Waals surface area contributed by atoms with Gasteiger partial charge in [0.1, 0.15) is 6.04 Å². The molecule has 0 radical (unpaired) electrons. The van der Waals surface area contributed by atoms with Gasteiger partial charge >= 0.3 is 5.97 Å². The Morgan fingerprint density at radius 2 is 2.21 bits per heavy atom. The van der Waals surface area contributed by atoms with Gasteiger partial charge in [0.15, 0.2) is 0 Å². The quantitative estimate of drug-likeness (QED) is 0.557. The number of carboxylic acids is 1. The summed E-state index contributed by atoms with van der Waals surface area (Å²) < 4.78 is 0. The van der Waals surface area contributed by atoms with Gasteiger partial charge in [-0.15, -0.1) is 11.8 Å². The van der Waals surface area contributed by atoms with Crippen LogP contribution in [-0.4, -0.2) is 35.0 Å². The molecule has 0 bridgehead atoms. The van der Waals surface area contributed by atoms with E-state index >= 15 is 0 Å². The molecular weight excluding hydrogens is 306 g/mol. The molecule has 0 heterocycles. The number of nitrogens with one attached hydrogen (secondary N) is 1. The molecule has 1 atom stereocenters. The van der Waals surface area contributed by atoms with E-state index in [0.29, 0.717) is 10.8 Å². The van der Waals surface area contributed by atoms with Gasteiger partial charge in [-0.05, 0) is 36.6 Å². The topological polar surface area (TPSA) is 66.4 Å². The number of hydrogen-bond acceptors (Lipinski definition) is 4. The van der Waals surface area contributed by atoms with Crippen molar-refractivity contribution in [2.45, 2.75) is 17.4 Å². The van der Waals surface area contributed by atoms with Gasteiger partial charge in [0.05, 0.1) is 10.6 Å². The highest BCUT2D eigenvalue weighted by Crippen LogP contribution is 2.23. The molecule has 1 aromatic rings. The van der Waals surface area contributed by atoms with E-state index in [1.807, 2.05) is 6.26 Å². The Balaban J connectivity index is 2.90. The molecule has 0 fully saturated rings. The first kappa shape index (κ1) is 16.2. The molecule has 19 heavy (non-hydrogen) atoms. The second kappa shape index (κ2) is 7.67. The molecule has 0 aliphatic rings. The zero-order valence-electron chi connectivity index (χ0n) is 10.2. The number of carbonyl (C=O) groups excluding carboxylic acids is 1. The van der Waals surface area contributed by atoms with E-state index in [9.17, 15) is 9.59 Å². The Kier molecular flexibility index (Phi) is 6.54. The molecule has 2 N–H and O–H groups in total. The van der Waals surface area contributed by atoms with Gasteiger partial charge in [-0.25, -0.2) is 4.79 Å². The first-order valence-corrected chi connectivity index (χ1v) is 7.71. The lowest BCUT2D eigenvalue weighted by atomic mass is 10.1. The lowest BCUT2D eigenvalue weighted by molar-refractivity contribution is -0.139. The third kappa shape index (κ3) is 4.63. The number of thioether (sulfide) groups is 1. The van der Waals surface area contributed by atoms with Crippen molar-refractivity contribution in [2.75, 3.05) is 12.0 Å². The van der Waals surface area contributed by atoms with Crippen LogP contribution in [0.4, 0.5) is 0 Å². The number of aliphatic carboxylic acids is 1. The summed E-state index contributed by atoms with van der Waals surface area (Å²) in [5.41, 5.74) is 0.277. The van der Waals surface area contributed by atoms with Crippen molar-refractivity contribution in [3.05, 3.63) is 28.8 Å². The summed E-state index contributed by atoms with van der Waals surface area (Å²) in [5, 5.41) is 11.7. The molecule has 1 amide bonds. The van der Waals surface area contributed by atoms with Crippen LogP contribution in [0.2, 0.25) is 5.02 Å². The van der Waals surface area contributed by atoms with E-state index in [1.165, 1.54) is 11.8 Å². The normalized spacial score (nSPS) is 11.9. The largest absolute Gasteiger partial charge is 0.480 e. The van der Waals surface area contributed by atoms with Crippen LogP contribution in [0.15, 0.2) is 23.1 Å². The molecule has 7 heteroatoms. The first-order chi connectivity index (χ1) is 8.99. The van der Waals surface area contributed by atoms with Gasteiger partial charge in [0.2, 0.25) is 0 Å². The lowest BCUT2D eigenvalue weighted by Gasteiger charge is -2.14. The van der Waals surface area contributed by atoms with Crippen LogP contribution in [0.25, 0.3) is 0 Å². The highest BCUT2D eigenvalue weighted by atomic mass is 35.5. The Hall–Kier alpha value is -0.850. The molecule has 0 saturated heterocycles. The molecule has 0 aliphatic carbocycles. The van der Waals surface area contributed by atoms with Crippen molar-refractivity contribution >= 4 is 47.9 Å². The third-order valence-electron chi connectivity index (χ3n) is 2.44. The molecule has 1 aromatic carbocycles. The molecule has 1 rings (SSSR count). The van der Waals surface area contributed by atoms with Gasteiger partial charge in [-0.2, -0.15) is 12.6 Å². The fourth-order valence-corrected chi connectivity index (χ4v) is 2.33. The second-order valence-electron chi connectivity index (χ2n) is 3.72. The van der Waals surface area contributed by atoms with Crippen molar-refractivity contribution in [1.82, 2.24) is 5.32 Å². The predicted molar refractivity (Wildman–Crippen MR) is 80.6 cm³/mol. The minimum atomic E-state index is -1.08. The van der Waals surface area contributed by atoms with E-state index in [4.69, 9.17) is 16.7 Å². The molecule has 4 nitrogen and oxygen atoms in total. The fourth-order valence-electron chi connectivity index (χ4n) is 1.43. The van der Waals surface area contributed by atoms with Gasteiger partial charge in [-0.1, -0.05) is 11.6 Å². The molecule has 0 aromatic heterocycles. The Morgan fingerprint density at radius 3 is 2.74 bits per heavy atom. The van der Waals surface area contributed by atoms with Crippen LogP contribution in [-0.2, 0) is 4.79 Å². The minimum absolute atomic E-state index is 0.254. The van der Waals surface area contributed by atoms with E-state index in [2.05, 4.69) is 17.9 Å². The molecule has 0 saturated carbocycles. The van der Waals surface area contributed by atoms with Gasteiger partial charge in [-0.3, -0.25) is 4.79 Å². The first-order valence-electron chi connectivity index (χ1n) is 5.47. The summed E-state index contributed by atoms with van der Waals surface area (Å²) >= 11 is 11.4. The molecule has 0 spiro atoms. The second-order valence-corrected chi connectivity index (χ2v) is 5.46. The van der Waals surface area contributed by atoms with Crippen LogP contribution in [0.3, 0.4) is 0 Å². The smallest absolute Gasteiger partial charge is 0.326 e. The number of amides is 1. The van der Waals surface area contributed by atoms with Crippen LogP contribution >= 0.6 is 36.0 Å². The molecule has 0 aliphatic heterocycles.